The van der Waals surface area contributed by atoms with Crippen molar-refractivity contribution in [2.24, 2.45) is 5.92 Å². The highest BCUT2D eigenvalue weighted by Crippen LogP contribution is 2.51. The van der Waals surface area contributed by atoms with Crippen molar-refractivity contribution in [1.29, 1.82) is 0 Å². The Morgan fingerprint density at radius 3 is 2.60 bits per heavy atom. The van der Waals surface area contributed by atoms with Crippen molar-refractivity contribution in [1.82, 2.24) is 20.1 Å². The van der Waals surface area contributed by atoms with Crippen molar-refractivity contribution in [3.63, 3.8) is 0 Å². The third-order valence-electron chi connectivity index (χ3n) is 9.90. The molecule has 1 saturated carbocycles. The van der Waals surface area contributed by atoms with Crippen LogP contribution in [0, 0.1) is 12.8 Å². The standard InChI is InChI=1S/C36H38N6O4S/c1-21-26(12-13-28(29(21)22-10-11-22)46-25-8-4-3-5-9-25)42-27-14-16-37-34-30(27)31(39-36(42)45)32(47-34)33(43)38-24-7-6-17-41(20-24)35(44)23-15-18-40(2)19-23/h3-5,8-9,12-14,16,22-24H,6-7,10-11,15,17-20H2,1-2H3,(H,38,43)(H,39,45)/t23-,24-/m1/s1. The van der Waals surface area contributed by atoms with Gasteiger partial charge in [0.05, 0.1) is 28.4 Å². The monoisotopic (exact) mass is 650 g/mol. The number of urea groups is 1. The van der Waals surface area contributed by atoms with Gasteiger partial charge >= 0.3 is 6.03 Å². The molecule has 4 aromatic rings. The summed E-state index contributed by atoms with van der Waals surface area (Å²) in [7, 11) is 2.05. The fourth-order valence-electron chi connectivity index (χ4n) is 7.44. The zero-order valence-electron chi connectivity index (χ0n) is 26.6. The van der Waals surface area contributed by atoms with E-state index in [1.807, 2.05) is 60.5 Å². The summed E-state index contributed by atoms with van der Waals surface area (Å²) >= 11 is 1.28. The molecular formula is C36H38N6O4S. The summed E-state index contributed by atoms with van der Waals surface area (Å²) in [6.07, 6.45) is 6.38. The molecule has 2 aromatic heterocycles. The lowest BCUT2D eigenvalue weighted by atomic mass is 9.99. The van der Waals surface area contributed by atoms with Gasteiger partial charge in [-0.1, -0.05) is 18.2 Å². The predicted octanol–water partition coefficient (Wildman–Crippen LogP) is 6.63. The van der Waals surface area contributed by atoms with E-state index in [2.05, 4.69) is 27.4 Å². The highest BCUT2D eigenvalue weighted by Gasteiger charge is 2.37. The molecule has 0 spiro atoms. The van der Waals surface area contributed by atoms with Gasteiger partial charge < -0.3 is 25.2 Å². The number of carbonyl (C=O) groups is 3. The number of likely N-dealkylation sites (tertiary alicyclic amines) is 2. The van der Waals surface area contributed by atoms with Crippen LogP contribution < -0.4 is 20.3 Å². The van der Waals surface area contributed by atoms with Crippen LogP contribution in [0.3, 0.4) is 0 Å². The normalized spacial score (nSPS) is 21.2. The molecule has 242 valence electrons. The predicted molar refractivity (Wildman–Crippen MR) is 183 cm³/mol. The Kier molecular flexibility index (Phi) is 7.60. The van der Waals surface area contributed by atoms with Crippen LogP contribution in [-0.4, -0.2) is 71.9 Å². The second-order valence-corrected chi connectivity index (χ2v) is 14.2. The third-order valence-corrected chi connectivity index (χ3v) is 11.0. The molecule has 47 heavy (non-hydrogen) atoms. The summed E-state index contributed by atoms with van der Waals surface area (Å²) in [5.41, 5.74) is 4.09. The Labute approximate surface area is 277 Å². The van der Waals surface area contributed by atoms with Crippen LogP contribution in [0.4, 0.5) is 21.9 Å². The topological polar surface area (TPSA) is 107 Å². The summed E-state index contributed by atoms with van der Waals surface area (Å²) in [6, 6.07) is 15.0. The summed E-state index contributed by atoms with van der Waals surface area (Å²) in [5.74, 6) is 1.93. The number of para-hydroxylation sites is 1. The molecule has 0 unspecified atom stereocenters. The zero-order valence-corrected chi connectivity index (χ0v) is 27.4. The Morgan fingerprint density at radius 2 is 1.83 bits per heavy atom. The summed E-state index contributed by atoms with van der Waals surface area (Å²) in [4.78, 5) is 52.4. The maximum atomic E-state index is 13.9. The Morgan fingerprint density at radius 1 is 1.00 bits per heavy atom. The number of carbonyl (C=O) groups excluding carboxylic acids is 3. The van der Waals surface area contributed by atoms with E-state index in [4.69, 9.17) is 4.74 Å². The molecule has 8 rings (SSSR count). The van der Waals surface area contributed by atoms with Gasteiger partial charge in [0.25, 0.3) is 5.91 Å². The first-order valence-electron chi connectivity index (χ1n) is 16.5. The molecule has 1 aliphatic carbocycles. The van der Waals surface area contributed by atoms with Crippen molar-refractivity contribution in [2.75, 3.05) is 43.4 Å². The van der Waals surface area contributed by atoms with Crippen LogP contribution in [-0.2, 0) is 4.79 Å². The molecule has 2 N–H and O–H groups in total. The molecule has 3 aliphatic heterocycles. The first-order chi connectivity index (χ1) is 22.9. The fraction of sp³-hybridized carbons (Fsp3) is 0.389. The lowest BCUT2D eigenvalue weighted by Crippen LogP contribution is -2.51. The van der Waals surface area contributed by atoms with Gasteiger partial charge in [0.15, 0.2) is 0 Å². The molecule has 0 radical (unpaired) electrons. The number of piperidine rings is 1. The van der Waals surface area contributed by atoms with Gasteiger partial charge in [-0.15, -0.1) is 11.3 Å². The van der Waals surface area contributed by atoms with Crippen LogP contribution in [0.1, 0.15) is 58.8 Å². The maximum Gasteiger partial charge on any atom is 0.331 e. The largest absolute Gasteiger partial charge is 0.457 e. The lowest BCUT2D eigenvalue weighted by molar-refractivity contribution is -0.136. The second-order valence-electron chi connectivity index (χ2n) is 13.2. The number of pyridine rings is 1. The quantitative estimate of drug-likeness (QED) is 0.233. The number of hydrogen-bond acceptors (Lipinski definition) is 7. The van der Waals surface area contributed by atoms with Crippen LogP contribution in [0.15, 0.2) is 54.7 Å². The number of aromatic nitrogens is 1. The molecule has 10 nitrogen and oxygen atoms in total. The molecule has 5 heterocycles. The number of amides is 4. The first kappa shape index (κ1) is 29.9. The molecule has 4 amide bonds. The number of benzene rings is 2. The van der Waals surface area contributed by atoms with E-state index in [0.717, 1.165) is 85.4 Å². The van der Waals surface area contributed by atoms with Crippen molar-refractivity contribution in [2.45, 2.75) is 51.0 Å². The van der Waals surface area contributed by atoms with Gasteiger partial charge in [-0.3, -0.25) is 14.5 Å². The van der Waals surface area contributed by atoms with Gasteiger partial charge in [0, 0.05) is 37.4 Å². The SMILES string of the molecule is Cc1c(N2C(=O)Nc3c(C(=O)N[C@@H]4CCCN(C(=O)[C@@H]5CCN(C)C5)C4)sc4nccc2c34)ccc(Oc2ccccc2)c1C1CC1. The summed E-state index contributed by atoms with van der Waals surface area (Å²) in [6.45, 7) is 5.00. The molecule has 2 atom stereocenters. The average Bonchev–Trinajstić information content (AvgIpc) is 3.70. The van der Waals surface area contributed by atoms with Crippen LogP contribution in [0.2, 0.25) is 0 Å². The van der Waals surface area contributed by atoms with E-state index < -0.39 is 0 Å². The van der Waals surface area contributed by atoms with E-state index in [-0.39, 0.29) is 29.8 Å². The molecule has 2 aromatic carbocycles. The Balaban J connectivity index is 1.07. The highest BCUT2D eigenvalue weighted by atomic mass is 32.1. The number of nitrogens with one attached hydrogen (secondary N) is 2. The minimum absolute atomic E-state index is 0.0285. The van der Waals surface area contributed by atoms with Crippen LogP contribution in [0.5, 0.6) is 11.5 Å². The molecule has 0 bridgehead atoms. The van der Waals surface area contributed by atoms with Crippen molar-refractivity contribution in [3.05, 3.63) is 70.7 Å². The fourth-order valence-corrected chi connectivity index (χ4v) is 8.47. The second kappa shape index (κ2) is 12.0. The maximum absolute atomic E-state index is 13.9. The molecule has 2 saturated heterocycles. The van der Waals surface area contributed by atoms with Gasteiger partial charge in [-0.25, -0.2) is 9.78 Å². The van der Waals surface area contributed by atoms with Gasteiger partial charge in [-0.2, -0.15) is 0 Å². The van der Waals surface area contributed by atoms with Crippen molar-refractivity contribution >= 4 is 56.5 Å². The Hall–Kier alpha value is -4.48. The smallest absolute Gasteiger partial charge is 0.331 e. The number of rotatable bonds is 7. The number of anilines is 3. The molecule has 11 heteroatoms. The minimum Gasteiger partial charge on any atom is -0.457 e. The van der Waals surface area contributed by atoms with E-state index in [9.17, 15) is 14.4 Å². The first-order valence-corrected chi connectivity index (χ1v) is 17.3. The minimum atomic E-state index is -0.324. The number of thiophene rings is 1. The van der Waals surface area contributed by atoms with Crippen molar-refractivity contribution in [3.8, 4) is 11.5 Å². The lowest BCUT2D eigenvalue weighted by Gasteiger charge is -2.34. The molecule has 3 fully saturated rings. The van der Waals surface area contributed by atoms with Crippen LogP contribution >= 0.6 is 11.3 Å². The third kappa shape index (κ3) is 5.51. The van der Waals surface area contributed by atoms with E-state index in [0.29, 0.717) is 33.5 Å². The average molecular weight is 651 g/mol. The summed E-state index contributed by atoms with van der Waals surface area (Å²) in [5, 5.41) is 6.98. The number of nitrogens with zero attached hydrogens (tertiary/aromatic N) is 4. The number of hydrogen-bond donors (Lipinski definition) is 2. The van der Waals surface area contributed by atoms with Gasteiger partial charge in [0.2, 0.25) is 5.91 Å². The van der Waals surface area contributed by atoms with E-state index >= 15 is 0 Å². The Bertz CT molecular complexity index is 1890. The van der Waals surface area contributed by atoms with E-state index in [1.165, 1.54) is 11.3 Å². The van der Waals surface area contributed by atoms with Gasteiger partial charge in [-0.05, 0) is 94.4 Å². The molecule has 4 aliphatic rings. The molecular weight excluding hydrogens is 613 g/mol. The van der Waals surface area contributed by atoms with Crippen LogP contribution in [0.25, 0.3) is 10.2 Å². The summed E-state index contributed by atoms with van der Waals surface area (Å²) < 4.78 is 6.32. The van der Waals surface area contributed by atoms with Crippen molar-refractivity contribution < 1.29 is 19.1 Å². The zero-order chi connectivity index (χ0) is 32.2. The highest BCUT2D eigenvalue weighted by molar-refractivity contribution is 7.21. The van der Waals surface area contributed by atoms with Gasteiger partial charge in [0.1, 0.15) is 21.2 Å². The number of ether oxygens (including phenoxy) is 1. The van der Waals surface area contributed by atoms with E-state index in [1.54, 1.807) is 11.1 Å².